The van der Waals surface area contributed by atoms with Crippen molar-refractivity contribution in [2.24, 2.45) is 0 Å². The van der Waals surface area contributed by atoms with Gasteiger partial charge in [-0.15, -0.1) is 0 Å². The van der Waals surface area contributed by atoms with Gasteiger partial charge in [-0.1, -0.05) is 24.3 Å². The van der Waals surface area contributed by atoms with Gasteiger partial charge in [-0.3, -0.25) is 0 Å². The highest BCUT2D eigenvalue weighted by Gasteiger charge is 1.92. The van der Waals surface area contributed by atoms with E-state index in [0.717, 1.165) is 19.7 Å². The molecule has 3 heteroatoms. The molecule has 0 aromatic heterocycles. The zero-order valence-corrected chi connectivity index (χ0v) is 8.47. The van der Waals surface area contributed by atoms with E-state index in [-0.39, 0.29) is 0 Å². The fourth-order valence-electron chi connectivity index (χ4n) is 0.699. The third kappa shape index (κ3) is 7.79. The average Bonchev–Trinajstić information content (AvgIpc) is 2.00. The molecule has 12 heavy (non-hydrogen) atoms. The van der Waals surface area contributed by atoms with Crippen molar-refractivity contribution < 1.29 is 4.74 Å². The molecule has 0 spiro atoms. The number of halogens is 1. The molecule has 0 aliphatic carbocycles. The van der Waals surface area contributed by atoms with Crippen molar-refractivity contribution in [2.75, 3.05) is 33.9 Å². The Balaban J connectivity index is 3.42. The number of likely N-dealkylation sites (N-methyl/N-ethyl adjacent to an activating group) is 1. The van der Waals surface area contributed by atoms with E-state index in [4.69, 9.17) is 16.3 Å². The zero-order chi connectivity index (χ0) is 9.40. The van der Waals surface area contributed by atoms with Gasteiger partial charge in [-0.2, -0.15) is 0 Å². The molecule has 0 unspecified atom stereocenters. The lowest BCUT2D eigenvalue weighted by atomic mass is 10.4. The molecule has 0 fully saturated rings. The number of nitrogens with zero attached hydrogens (tertiary/aromatic N) is 1. The Morgan fingerprint density at radius 2 is 2.33 bits per heavy atom. The molecule has 0 rings (SSSR count). The van der Waals surface area contributed by atoms with Crippen LogP contribution in [0.3, 0.4) is 0 Å². The number of rotatable bonds is 6. The van der Waals surface area contributed by atoms with Gasteiger partial charge in [0, 0.05) is 25.2 Å². The Hall–Kier alpha value is -0.310. The summed E-state index contributed by atoms with van der Waals surface area (Å²) in [6, 6.07) is 0. The van der Waals surface area contributed by atoms with E-state index in [1.165, 1.54) is 0 Å². The Bertz CT molecular complexity index is 157. The average molecular weight is 190 g/mol. The number of hydrogen-bond donors (Lipinski definition) is 0. The minimum Gasteiger partial charge on any atom is -0.383 e. The second kappa shape index (κ2) is 7.35. The smallest absolute Gasteiger partial charge is 0.0589 e. The fraction of sp³-hybridized carbons (Fsp3) is 0.556. The summed E-state index contributed by atoms with van der Waals surface area (Å²) in [6.45, 7) is 6.10. The molecule has 70 valence electrons. The van der Waals surface area contributed by atoms with E-state index < -0.39 is 0 Å². The van der Waals surface area contributed by atoms with Crippen molar-refractivity contribution in [2.45, 2.75) is 0 Å². The highest BCUT2D eigenvalue weighted by Crippen LogP contribution is 1.97. The monoisotopic (exact) mass is 189 g/mol. The normalized spacial score (nSPS) is 11.3. The molecular formula is C9H16ClNO. The van der Waals surface area contributed by atoms with Crippen LogP contribution in [0.1, 0.15) is 0 Å². The Morgan fingerprint density at radius 3 is 2.83 bits per heavy atom. The minimum absolute atomic E-state index is 0.565. The molecule has 2 nitrogen and oxygen atoms in total. The summed E-state index contributed by atoms with van der Waals surface area (Å²) in [7, 11) is 3.73. The van der Waals surface area contributed by atoms with Crippen molar-refractivity contribution in [3.63, 3.8) is 0 Å². The summed E-state index contributed by atoms with van der Waals surface area (Å²) in [4.78, 5) is 2.14. The number of allylic oxidation sites excluding steroid dienone is 2. The molecule has 0 atom stereocenters. The van der Waals surface area contributed by atoms with Gasteiger partial charge in [0.2, 0.25) is 0 Å². The molecule has 0 saturated heterocycles. The predicted molar refractivity (Wildman–Crippen MR) is 53.5 cm³/mol. The van der Waals surface area contributed by atoms with E-state index in [2.05, 4.69) is 11.5 Å². The maximum atomic E-state index is 5.54. The Kier molecular flexibility index (Phi) is 7.16. The molecule has 0 aliphatic heterocycles. The van der Waals surface area contributed by atoms with E-state index in [1.54, 1.807) is 13.2 Å². The molecule has 0 aromatic carbocycles. The van der Waals surface area contributed by atoms with Gasteiger partial charge >= 0.3 is 0 Å². The molecular weight excluding hydrogens is 174 g/mol. The molecule has 0 amide bonds. The maximum absolute atomic E-state index is 5.54. The highest BCUT2D eigenvalue weighted by atomic mass is 35.5. The first-order valence-electron chi connectivity index (χ1n) is 3.85. The van der Waals surface area contributed by atoms with Crippen LogP contribution < -0.4 is 0 Å². The van der Waals surface area contributed by atoms with Crippen molar-refractivity contribution in [1.82, 2.24) is 4.90 Å². The van der Waals surface area contributed by atoms with Gasteiger partial charge in [0.25, 0.3) is 0 Å². The van der Waals surface area contributed by atoms with Crippen LogP contribution >= 0.6 is 11.6 Å². The summed E-state index contributed by atoms with van der Waals surface area (Å²) >= 11 is 5.54. The van der Waals surface area contributed by atoms with Gasteiger partial charge < -0.3 is 9.64 Å². The lowest BCUT2D eigenvalue weighted by Crippen LogP contribution is -2.22. The van der Waals surface area contributed by atoms with Crippen LogP contribution in [0.15, 0.2) is 23.8 Å². The zero-order valence-electron chi connectivity index (χ0n) is 7.72. The largest absolute Gasteiger partial charge is 0.383 e. The molecule has 0 aromatic rings. The van der Waals surface area contributed by atoms with Crippen molar-refractivity contribution >= 4 is 11.6 Å². The van der Waals surface area contributed by atoms with Crippen molar-refractivity contribution in [3.05, 3.63) is 23.8 Å². The van der Waals surface area contributed by atoms with E-state index in [0.29, 0.717) is 5.03 Å². The van der Waals surface area contributed by atoms with Crippen LogP contribution in [0.4, 0.5) is 0 Å². The first-order chi connectivity index (χ1) is 5.66. The molecule has 0 saturated carbocycles. The molecule has 0 N–H and O–H groups in total. The molecule has 0 bridgehead atoms. The lowest BCUT2D eigenvalue weighted by molar-refractivity contribution is 0.166. The molecule has 0 aliphatic rings. The van der Waals surface area contributed by atoms with E-state index in [1.807, 2.05) is 13.1 Å². The minimum atomic E-state index is 0.565. The molecule has 0 radical (unpaired) electrons. The first-order valence-corrected chi connectivity index (χ1v) is 4.23. The third-order valence-corrected chi connectivity index (χ3v) is 1.52. The highest BCUT2D eigenvalue weighted by molar-refractivity contribution is 6.30. The van der Waals surface area contributed by atoms with Crippen LogP contribution in [-0.4, -0.2) is 38.8 Å². The van der Waals surface area contributed by atoms with Crippen LogP contribution in [0.25, 0.3) is 0 Å². The van der Waals surface area contributed by atoms with Gasteiger partial charge in [0.1, 0.15) is 0 Å². The Morgan fingerprint density at radius 1 is 1.67 bits per heavy atom. The fourth-order valence-corrected chi connectivity index (χ4v) is 0.788. The topological polar surface area (TPSA) is 12.5 Å². The predicted octanol–water partition coefficient (Wildman–Crippen LogP) is 1.87. The first kappa shape index (κ1) is 11.7. The number of methoxy groups -OCH3 is 1. The van der Waals surface area contributed by atoms with E-state index in [9.17, 15) is 0 Å². The lowest BCUT2D eigenvalue weighted by Gasteiger charge is -2.12. The van der Waals surface area contributed by atoms with Gasteiger partial charge in [0.05, 0.1) is 6.61 Å². The standard InChI is InChI=1S/C9H16ClNO/c1-9(10)5-4-6-11(2)7-8-12-3/h4-5H,1,6-8H2,2-3H3/b5-4+. The van der Waals surface area contributed by atoms with E-state index >= 15 is 0 Å². The van der Waals surface area contributed by atoms with Crippen LogP contribution in [-0.2, 0) is 4.74 Å². The van der Waals surface area contributed by atoms with Gasteiger partial charge in [0.15, 0.2) is 0 Å². The summed E-state index contributed by atoms with van der Waals surface area (Å²) in [6.07, 6.45) is 3.77. The summed E-state index contributed by atoms with van der Waals surface area (Å²) < 4.78 is 4.93. The van der Waals surface area contributed by atoms with Gasteiger partial charge in [-0.05, 0) is 13.1 Å². The SMILES string of the molecule is C=C(Cl)/C=C/CN(C)CCOC. The van der Waals surface area contributed by atoms with Crippen molar-refractivity contribution in [3.8, 4) is 0 Å². The van der Waals surface area contributed by atoms with Gasteiger partial charge in [-0.25, -0.2) is 0 Å². The summed E-state index contributed by atoms with van der Waals surface area (Å²) in [5.74, 6) is 0. The van der Waals surface area contributed by atoms with Crippen LogP contribution in [0, 0.1) is 0 Å². The second-order valence-electron chi connectivity index (χ2n) is 2.60. The van der Waals surface area contributed by atoms with Crippen molar-refractivity contribution in [1.29, 1.82) is 0 Å². The van der Waals surface area contributed by atoms with Crippen LogP contribution in [0.2, 0.25) is 0 Å². The second-order valence-corrected chi connectivity index (χ2v) is 3.09. The Labute approximate surface area is 79.5 Å². The number of ether oxygens (including phenoxy) is 1. The number of hydrogen-bond acceptors (Lipinski definition) is 2. The molecule has 0 heterocycles. The maximum Gasteiger partial charge on any atom is 0.0589 e. The summed E-state index contributed by atoms with van der Waals surface area (Å²) in [5, 5.41) is 0.565. The quantitative estimate of drug-likeness (QED) is 0.592. The third-order valence-electron chi connectivity index (χ3n) is 1.39. The van der Waals surface area contributed by atoms with Crippen LogP contribution in [0.5, 0.6) is 0 Å². The summed E-state index contributed by atoms with van der Waals surface area (Å²) in [5.41, 5.74) is 0.